The van der Waals surface area contributed by atoms with Gasteiger partial charge in [0.05, 0.1) is 0 Å². The second-order valence-electron chi connectivity index (χ2n) is 8.42. The van der Waals surface area contributed by atoms with Gasteiger partial charge in [0.2, 0.25) is 5.95 Å². The Hall–Kier alpha value is -3.41. The van der Waals surface area contributed by atoms with Gasteiger partial charge >= 0.3 is 0 Å². The number of piperidine rings is 1. The van der Waals surface area contributed by atoms with E-state index in [2.05, 4.69) is 63.2 Å². The van der Waals surface area contributed by atoms with E-state index in [4.69, 9.17) is 0 Å². The van der Waals surface area contributed by atoms with Crippen LogP contribution in [0, 0.1) is 0 Å². The van der Waals surface area contributed by atoms with E-state index < -0.39 is 0 Å². The number of amides is 1. The van der Waals surface area contributed by atoms with Gasteiger partial charge in [-0.3, -0.25) is 4.79 Å². The first-order valence-electron chi connectivity index (χ1n) is 12.0. The molecule has 1 fully saturated rings. The lowest BCUT2D eigenvalue weighted by Gasteiger charge is -2.26. The third-order valence-corrected chi connectivity index (χ3v) is 6.25. The van der Waals surface area contributed by atoms with Gasteiger partial charge in [-0.2, -0.15) is 0 Å². The minimum atomic E-state index is -0.0875. The topological polar surface area (TPSA) is 61.4 Å². The average Bonchev–Trinajstić information content (AvgIpc) is 2.89. The molecule has 0 unspecified atom stereocenters. The highest BCUT2D eigenvalue weighted by atomic mass is 16.1. The molecule has 3 aromatic rings. The lowest BCUT2D eigenvalue weighted by atomic mass is 10.1. The summed E-state index contributed by atoms with van der Waals surface area (Å²) >= 11 is 0. The first-order valence-corrected chi connectivity index (χ1v) is 12.0. The molecule has 0 atom stereocenters. The molecular formula is C27H33N5O. The quantitative estimate of drug-likeness (QED) is 0.536. The van der Waals surface area contributed by atoms with Crippen molar-refractivity contribution in [1.29, 1.82) is 0 Å². The van der Waals surface area contributed by atoms with Gasteiger partial charge in [0, 0.05) is 61.9 Å². The van der Waals surface area contributed by atoms with Crippen molar-refractivity contribution >= 4 is 17.5 Å². The second kappa shape index (κ2) is 10.9. The van der Waals surface area contributed by atoms with Crippen molar-refractivity contribution in [2.75, 3.05) is 36.0 Å². The van der Waals surface area contributed by atoms with Crippen LogP contribution in [-0.4, -0.2) is 42.1 Å². The fourth-order valence-corrected chi connectivity index (χ4v) is 4.27. The summed E-state index contributed by atoms with van der Waals surface area (Å²) in [6, 6.07) is 16.0. The molecule has 172 valence electrons. The highest BCUT2D eigenvalue weighted by molar-refractivity contribution is 5.95. The summed E-state index contributed by atoms with van der Waals surface area (Å²) in [5.41, 5.74) is 4.77. The molecule has 0 saturated carbocycles. The highest BCUT2D eigenvalue weighted by Gasteiger charge is 2.14. The lowest BCUT2D eigenvalue weighted by molar-refractivity contribution is 0.0951. The van der Waals surface area contributed by atoms with Gasteiger partial charge in [-0.15, -0.1) is 0 Å². The molecule has 2 aromatic carbocycles. The van der Waals surface area contributed by atoms with Crippen molar-refractivity contribution in [2.24, 2.45) is 0 Å². The Morgan fingerprint density at radius 3 is 2.30 bits per heavy atom. The maximum absolute atomic E-state index is 12.8. The van der Waals surface area contributed by atoms with Crippen molar-refractivity contribution in [1.82, 2.24) is 15.3 Å². The van der Waals surface area contributed by atoms with Crippen molar-refractivity contribution in [3.05, 3.63) is 72.1 Å². The second-order valence-corrected chi connectivity index (χ2v) is 8.42. The minimum absolute atomic E-state index is 0.0875. The molecule has 6 nitrogen and oxygen atoms in total. The zero-order chi connectivity index (χ0) is 23.0. The van der Waals surface area contributed by atoms with Gasteiger partial charge in [0.1, 0.15) is 0 Å². The van der Waals surface area contributed by atoms with Gasteiger partial charge in [0.15, 0.2) is 0 Å². The number of carbonyl (C=O) groups is 1. The zero-order valence-corrected chi connectivity index (χ0v) is 19.6. The van der Waals surface area contributed by atoms with E-state index in [-0.39, 0.29) is 5.91 Å². The first-order chi connectivity index (χ1) is 16.2. The summed E-state index contributed by atoms with van der Waals surface area (Å²) in [5.74, 6) is 0.704. The van der Waals surface area contributed by atoms with Crippen LogP contribution >= 0.6 is 0 Å². The van der Waals surface area contributed by atoms with E-state index in [1.54, 1.807) is 0 Å². The standard InChI is InChI=1S/C27H33N5O/c1-3-31(4-2)25-13-11-21(12-14-25)18-28-26(33)23-10-8-9-22(17-23)24-19-29-27(30-20-24)32-15-6-5-7-16-32/h8-14,17,19-20H,3-7,15-16,18H2,1-2H3,(H,28,33). The molecule has 2 heterocycles. The molecule has 1 aromatic heterocycles. The van der Waals surface area contributed by atoms with Gasteiger partial charge in [-0.05, 0) is 68.5 Å². The number of hydrogen-bond donors (Lipinski definition) is 1. The van der Waals surface area contributed by atoms with E-state index in [0.29, 0.717) is 12.1 Å². The van der Waals surface area contributed by atoms with Gasteiger partial charge in [-0.1, -0.05) is 24.3 Å². The smallest absolute Gasteiger partial charge is 0.251 e. The number of aromatic nitrogens is 2. The molecule has 0 radical (unpaired) electrons. The summed E-state index contributed by atoms with van der Waals surface area (Å²) in [4.78, 5) is 26.5. The summed E-state index contributed by atoms with van der Waals surface area (Å²) in [7, 11) is 0. The minimum Gasteiger partial charge on any atom is -0.372 e. The Bertz CT molecular complexity index is 1040. The van der Waals surface area contributed by atoms with Crippen LogP contribution < -0.4 is 15.1 Å². The molecule has 1 aliphatic heterocycles. The number of carbonyl (C=O) groups excluding carboxylic acids is 1. The Kier molecular flexibility index (Phi) is 7.55. The number of rotatable bonds is 8. The third kappa shape index (κ3) is 5.69. The number of benzene rings is 2. The predicted octanol–water partition coefficient (Wildman–Crippen LogP) is 4.91. The molecule has 6 heteroatoms. The summed E-state index contributed by atoms with van der Waals surface area (Å²) in [6.45, 7) is 8.81. The van der Waals surface area contributed by atoms with Crippen molar-refractivity contribution in [3.8, 4) is 11.1 Å². The zero-order valence-electron chi connectivity index (χ0n) is 19.6. The van der Waals surface area contributed by atoms with E-state index in [1.807, 2.05) is 36.7 Å². The molecule has 1 aliphatic rings. The van der Waals surface area contributed by atoms with Gasteiger partial charge in [0.25, 0.3) is 5.91 Å². The lowest BCUT2D eigenvalue weighted by Crippen LogP contribution is -2.30. The van der Waals surface area contributed by atoms with Gasteiger partial charge < -0.3 is 15.1 Å². The van der Waals surface area contributed by atoms with E-state index in [0.717, 1.165) is 48.8 Å². The summed E-state index contributed by atoms with van der Waals surface area (Å²) < 4.78 is 0. The number of anilines is 2. The fourth-order valence-electron chi connectivity index (χ4n) is 4.27. The van der Waals surface area contributed by atoms with Crippen molar-refractivity contribution in [3.63, 3.8) is 0 Å². The maximum atomic E-state index is 12.8. The van der Waals surface area contributed by atoms with Crippen molar-refractivity contribution in [2.45, 2.75) is 39.7 Å². The molecule has 1 amide bonds. The molecular weight excluding hydrogens is 410 g/mol. The molecule has 0 bridgehead atoms. The number of nitrogens with zero attached hydrogens (tertiary/aromatic N) is 4. The van der Waals surface area contributed by atoms with Gasteiger partial charge in [-0.25, -0.2) is 9.97 Å². The van der Waals surface area contributed by atoms with Crippen LogP contribution in [-0.2, 0) is 6.54 Å². The van der Waals surface area contributed by atoms with E-state index in [1.165, 1.54) is 24.9 Å². The SMILES string of the molecule is CCN(CC)c1ccc(CNC(=O)c2cccc(-c3cnc(N4CCCCC4)nc3)c2)cc1. The predicted molar refractivity (Wildman–Crippen MR) is 135 cm³/mol. The van der Waals surface area contributed by atoms with E-state index in [9.17, 15) is 4.79 Å². The highest BCUT2D eigenvalue weighted by Crippen LogP contribution is 2.22. The summed E-state index contributed by atoms with van der Waals surface area (Å²) in [5, 5.41) is 3.03. The van der Waals surface area contributed by atoms with Crippen LogP contribution in [0.3, 0.4) is 0 Å². The molecule has 0 spiro atoms. The van der Waals surface area contributed by atoms with Crippen LogP contribution in [0.5, 0.6) is 0 Å². The molecule has 33 heavy (non-hydrogen) atoms. The number of hydrogen-bond acceptors (Lipinski definition) is 5. The Balaban J connectivity index is 1.38. The maximum Gasteiger partial charge on any atom is 0.251 e. The van der Waals surface area contributed by atoms with E-state index >= 15 is 0 Å². The normalized spacial score (nSPS) is 13.6. The molecule has 0 aliphatic carbocycles. The van der Waals surface area contributed by atoms with Crippen LogP contribution in [0.4, 0.5) is 11.6 Å². The third-order valence-electron chi connectivity index (χ3n) is 6.25. The molecule has 1 N–H and O–H groups in total. The Morgan fingerprint density at radius 2 is 1.64 bits per heavy atom. The van der Waals surface area contributed by atoms with Crippen LogP contribution in [0.15, 0.2) is 60.9 Å². The molecule has 4 rings (SSSR count). The largest absolute Gasteiger partial charge is 0.372 e. The Morgan fingerprint density at radius 1 is 0.939 bits per heavy atom. The molecule has 1 saturated heterocycles. The summed E-state index contributed by atoms with van der Waals surface area (Å²) in [6.07, 6.45) is 7.38. The van der Waals surface area contributed by atoms with Crippen LogP contribution in [0.2, 0.25) is 0 Å². The van der Waals surface area contributed by atoms with Crippen LogP contribution in [0.1, 0.15) is 49.0 Å². The Labute approximate surface area is 196 Å². The van der Waals surface area contributed by atoms with Crippen LogP contribution in [0.25, 0.3) is 11.1 Å². The monoisotopic (exact) mass is 443 g/mol. The first kappa shape index (κ1) is 22.8. The average molecular weight is 444 g/mol. The van der Waals surface area contributed by atoms with Crippen molar-refractivity contribution < 1.29 is 4.79 Å². The number of nitrogens with one attached hydrogen (secondary N) is 1. The fraction of sp³-hybridized carbons (Fsp3) is 0.370.